The zero-order chi connectivity index (χ0) is 13.9. The van der Waals surface area contributed by atoms with Crippen LogP contribution in [0.2, 0.25) is 0 Å². The summed E-state index contributed by atoms with van der Waals surface area (Å²) in [6.07, 6.45) is 7.76. The summed E-state index contributed by atoms with van der Waals surface area (Å²) in [5.74, 6) is 0.408. The molecule has 0 aromatic heterocycles. The molecule has 0 saturated heterocycles. The van der Waals surface area contributed by atoms with Crippen LogP contribution in [0.3, 0.4) is 0 Å². The highest BCUT2D eigenvalue weighted by molar-refractivity contribution is 8.13. The Morgan fingerprint density at radius 1 is 1.06 bits per heavy atom. The monoisotopic (exact) mass is 298 g/mol. The van der Waals surface area contributed by atoms with Gasteiger partial charge in [0.2, 0.25) is 9.05 Å². The van der Waals surface area contributed by atoms with Crippen LogP contribution in [0.5, 0.6) is 0 Å². The SMILES string of the molecule is CCCCCCCOCCC(C)CCS(=O)(=O)Cl. The predicted octanol–water partition coefficient (Wildman–Crippen LogP) is 3.96. The molecule has 1 atom stereocenters. The van der Waals surface area contributed by atoms with E-state index in [1.807, 2.05) is 6.92 Å². The largest absolute Gasteiger partial charge is 0.381 e. The molecule has 0 aliphatic carbocycles. The Morgan fingerprint density at radius 3 is 2.33 bits per heavy atom. The molecule has 0 aliphatic rings. The fourth-order valence-corrected chi connectivity index (χ4v) is 2.63. The molecule has 1 unspecified atom stereocenters. The lowest BCUT2D eigenvalue weighted by Gasteiger charge is -2.10. The van der Waals surface area contributed by atoms with E-state index in [1.54, 1.807) is 0 Å². The first-order chi connectivity index (χ1) is 8.45. The van der Waals surface area contributed by atoms with E-state index in [-0.39, 0.29) is 5.75 Å². The van der Waals surface area contributed by atoms with Crippen LogP contribution in [0, 0.1) is 5.92 Å². The summed E-state index contributed by atoms with van der Waals surface area (Å²) in [6.45, 7) is 5.78. The van der Waals surface area contributed by atoms with Gasteiger partial charge in [0.15, 0.2) is 0 Å². The molecular formula is C13H27ClO3S. The van der Waals surface area contributed by atoms with Gasteiger partial charge in [-0.15, -0.1) is 0 Å². The summed E-state index contributed by atoms with van der Waals surface area (Å²) >= 11 is 0. The van der Waals surface area contributed by atoms with E-state index in [0.717, 1.165) is 26.1 Å². The minimum absolute atomic E-state index is 0.0622. The van der Waals surface area contributed by atoms with E-state index in [0.29, 0.717) is 12.3 Å². The average molecular weight is 299 g/mol. The van der Waals surface area contributed by atoms with Crippen molar-refractivity contribution in [3.8, 4) is 0 Å². The lowest BCUT2D eigenvalue weighted by Crippen LogP contribution is -2.07. The summed E-state index contributed by atoms with van der Waals surface area (Å²) in [5, 5.41) is 0. The van der Waals surface area contributed by atoms with Gasteiger partial charge in [0.1, 0.15) is 0 Å². The third-order valence-electron chi connectivity index (χ3n) is 3.00. The molecular weight excluding hydrogens is 272 g/mol. The van der Waals surface area contributed by atoms with Crippen LogP contribution in [0.1, 0.15) is 58.8 Å². The van der Waals surface area contributed by atoms with Crippen molar-refractivity contribution < 1.29 is 13.2 Å². The van der Waals surface area contributed by atoms with E-state index >= 15 is 0 Å². The second-order valence-electron chi connectivity index (χ2n) is 4.95. The van der Waals surface area contributed by atoms with Gasteiger partial charge in [-0.05, 0) is 25.2 Å². The van der Waals surface area contributed by atoms with Crippen molar-refractivity contribution in [2.75, 3.05) is 19.0 Å². The van der Waals surface area contributed by atoms with Crippen LogP contribution in [-0.2, 0) is 13.8 Å². The topological polar surface area (TPSA) is 43.4 Å². The number of halogens is 1. The number of rotatable bonds is 12. The first-order valence-electron chi connectivity index (χ1n) is 6.95. The Balaban J connectivity index is 3.28. The second kappa shape index (κ2) is 11.1. The first kappa shape index (κ1) is 18.2. The summed E-state index contributed by atoms with van der Waals surface area (Å²) in [7, 11) is 1.83. The molecule has 5 heteroatoms. The summed E-state index contributed by atoms with van der Waals surface area (Å²) in [6, 6.07) is 0. The normalized spacial score (nSPS) is 13.7. The zero-order valence-corrected chi connectivity index (χ0v) is 13.2. The molecule has 18 heavy (non-hydrogen) atoms. The van der Waals surface area contributed by atoms with E-state index in [4.69, 9.17) is 15.4 Å². The second-order valence-corrected chi connectivity index (χ2v) is 7.85. The van der Waals surface area contributed by atoms with Gasteiger partial charge in [-0.2, -0.15) is 0 Å². The Kier molecular flexibility index (Phi) is 11.2. The van der Waals surface area contributed by atoms with Crippen molar-refractivity contribution >= 4 is 19.7 Å². The van der Waals surface area contributed by atoms with Gasteiger partial charge in [-0.1, -0.05) is 39.5 Å². The van der Waals surface area contributed by atoms with Crippen LogP contribution in [0.25, 0.3) is 0 Å². The molecule has 0 aliphatic heterocycles. The lowest BCUT2D eigenvalue weighted by molar-refractivity contribution is 0.117. The Bertz CT molecular complexity index is 278. The number of ether oxygens (including phenoxy) is 1. The molecule has 110 valence electrons. The van der Waals surface area contributed by atoms with E-state index < -0.39 is 9.05 Å². The summed E-state index contributed by atoms with van der Waals surface area (Å²) < 4.78 is 27.1. The molecule has 0 spiro atoms. The highest BCUT2D eigenvalue weighted by Gasteiger charge is 2.09. The molecule has 0 heterocycles. The van der Waals surface area contributed by atoms with Crippen molar-refractivity contribution in [1.82, 2.24) is 0 Å². The molecule has 0 amide bonds. The van der Waals surface area contributed by atoms with Crippen molar-refractivity contribution in [2.24, 2.45) is 5.92 Å². The molecule has 0 saturated carbocycles. The molecule has 3 nitrogen and oxygen atoms in total. The Morgan fingerprint density at radius 2 is 1.72 bits per heavy atom. The van der Waals surface area contributed by atoms with E-state index in [9.17, 15) is 8.42 Å². The highest BCUT2D eigenvalue weighted by atomic mass is 35.7. The zero-order valence-electron chi connectivity index (χ0n) is 11.7. The maximum atomic E-state index is 10.8. The fraction of sp³-hybridized carbons (Fsp3) is 1.00. The minimum atomic E-state index is -3.34. The third kappa shape index (κ3) is 14.3. The van der Waals surface area contributed by atoms with Crippen molar-refractivity contribution in [1.29, 1.82) is 0 Å². The van der Waals surface area contributed by atoms with Gasteiger partial charge in [-0.25, -0.2) is 8.42 Å². The molecule has 0 N–H and O–H groups in total. The van der Waals surface area contributed by atoms with Crippen molar-refractivity contribution in [2.45, 2.75) is 58.8 Å². The lowest BCUT2D eigenvalue weighted by atomic mass is 10.1. The molecule has 0 rings (SSSR count). The maximum absolute atomic E-state index is 10.8. The van der Waals surface area contributed by atoms with Gasteiger partial charge < -0.3 is 4.74 Å². The van der Waals surface area contributed by atoms with Crippen LogP contribution in [0.4, 0.5) is 0 Å². The van der Waals surface area contributed by atoms with Crippen LogP contribution in [0.15, 0.2) is 0 Å². The molecule has 0 aromatic carbocycles. The number of hydrogen-bond acceptors (Lipinski definition) is 3. The molecule has 0 fully saturated rings. The maximum Gasteiger partial charge on any atom is 0.232 e. The molecule has 0 bridgehead atoms. The van der Waals surface area contributed by atoms with Crippen LogP contribution in [-0.4, -0.2) is 27.4 Å². The summed E-state index contributed by atoms with van der Waals surface area (Å²) in [4.78, 5) is 0. The smallest absolute Gasteiger partial charge is 0.232 e. The standard InChI is InChI=1S/C13H27ClO3S/c1-3-4-5-6-7-10-17-11-8-13(2)9-12-18(14,15)16/h13H,3-12H2,1-2H3. The van der Waals surface area contributed by atoms with Crippen LogP contribution >= 0.6 is 10.7 Å². The average Bonchev–Trinajstić information content (AvgIpc) is 2.29. The molecule has 0 aromatic rings. The van der Waals surface area contributed by atoms with E-state index in [2.05, 4.69) is 6.92 Å². The Hall–Kier alpha value is 0.200. The van der Waals surface area contributed by atoms with Gasteiger partial charge in [0, 0.05) is 23.9 Å². The predicted molar refractivity (Wildman–Crippen MR) is 77.6 cm³/mol. The number of unbranched alkanes of at least 4 members (excludes halogenated alkanes) is 4. The summed E-state index contributed by atoms with van der Waals surface area (Å²) in [5.41, 5.74) is 0. The first-order valence-corrected chi connectivity index (χ1v) is 9.43. The van der Waals surface area contributed by atoms with Crippen LogP contribution < -0.4 is 0 Å². The minimum Gasteiger partial charge on any atom is -0.381 e. The van der Waals surface area contributed by atoms with Crippen molar-refractivity contribution in [3.63, 3.8) is 0 Å². The Labute approximate surface area is 117 Å². The molecule has 0 radical (unpaired) electrons. The number of hydrogen-bond donors (Lipinski definition) is 0. The van der Waals surface area contributed by atoms with Gasteiger partial charge in [0.25, 0.3) is 0 Å². The highest BCUT2D eigenvalue weighted by Crippen LogP contribution is 2.11. The van der Waals surface area contributed by atoms with E-state index in [1.165, 1.54) is 25.7 Å². The fourth-order valence-electron chi connectivity index (χ4n) is 1.68. The van der Waals surface area contributed by atoms with Gasteiger partial charge >= 0.3 is 0 Å². The quantitative estimate of drug-likeness (QED) is 0.404. The van der Waals surface area contributed by atoms with Gasteiger partial charge in [-0.3, -0.25) is 0 Å². The van der Waals surface area contributed by atoms with Gasteiger partial charge in [0.05, 0.1) is 5.75 Å². The van der Waals surface area contributed by atoms with Crippen molar-refractivity contribution in [3.05, 3.63) is 0 Å². The third-order valence-corrected chi connectivity index (χ3v) is 4.19.